The van der Waals surface area contributed by atoms with E-state index < -0.39 is 5.92 Å². The number of aryl methyl sites for hydroxylation is 3. The van der Waals surface area contributed by atoms with Gasteiger partial charge in [0.1, 0.15) is 5.75 Å². The fourth-order valence-corrected chi connectivity index (χ4v) is 3.75. The van der Waals surface area contributed by atoms with Crippen molar-refractivity contribution in [2.24, 2.45) is 13.0 Å². The number of aromatic nitrogens is 3. The number of hydrogen-bond acceptors (Lipinski definition) is 5. The maximum absolute atomic E-state index is 12.8. The lowest BCUT2D eigenvalue weighted by Crippen LogP contribution is -2.28. The van der Waals surface area contributed by atoms with Crippen molar-refractivity contribution >= 4 is 34.2 Å². The Labute approximate surface area is 168 Å². The number of nitrogens with zero attached hydrogens (tertiary/aromatic N) is 4. The van der Waals surface area contributed by atoms with E-state index in [1.165, 1.54) is 0 Å². The van der Waals surface area contributed by atoms with Crippen LogP contribution < -0.4 is 15.0 Å². The van der Waals surface area contributed by atoms with Crippen LogP contribution in [-0.2, 0) is 16.6 Å². The van der Waals surface area contributed by atoms with E-state index in [4.69, 9.17) is 4.74 Å². The first kappa shape index (κ1) is 18.9. The molecule has 2 amide bonds. The number of fused-ring (bicyclic) bond motifs is 1. The molecule has 3 heterocycles. The summed E-state index contributed by atoms with van der Waals surface area (Å²) < 4.78 is 7.10. The third-order valence-electron chi connectivity index (χ3n) is 5.25. The lowest BCUT2D eigenvalue weighted by Gasteiger charge is -2.20. The van der Waals surface area contributed by atoms with E-state index >= 15 is 0 Å². The largest absolute Gasteiger partial charge is 0.495 e. The Morgan fingerprint density at radius 2 is 2.07 bits per heavy atom. The molecule has 0 saturated carbocycles. The summed E-state index contributed by atoms with van der Waals surface area (Å²) in [7, 11) is 3.40. The zero-order valence-electron chi connectivity index (χ0n) is 16.9. The van der Waals surface area contributed by atoms with Crippen LogP contribution in [0.2, 0.25) is 0 Å². The van der Waals surface area contributed by atoms with Crippen molar-refractivity contribution in [2.75, 3.05) is 23.9 Å². The van der Waals surface area contributed by atoms with E-state index in [9.17, 15) is 9.59 Å². The molecule has 0 spiro atoms. The van der Waals surface area contributed by atoms with Crippen molar-refractivity contribution in [1.82, 2.24) is 14.8 Å². The van der Waals surface area contributed by atoms with Crippen molar-refractivity contribution in [2.45, 2.75) is 20.3 Å². The Balaban J connectivity index is 1.53. The van der Waals surface area contributed by atoms with Gasteiger partial charge >= 0.3 is 0 Å². The van der Waals surface area contributed by atoms with Gasteiger partial charge in [0.05, 0.1) is 36.3 Å². The number of carbonyl (C=O) groups is 2. The molecule has 1 saturated heterocycles. The van der Waals surface area contributed by atoms with Gasteiger partial charge in [-0.1, -0.05) is 6.07 Å². The van der Waals surface area contributed by atoms with Crippen LogP contribution in [0.1, 0.15) is 17.7 Å². The average molecular weight is 393 g/mol. The summed E-state index contributed by atoms with van der Waals surface area (Å²) >= 11 is 0. The second kappa shape index (κ2) is 7.20. The topological polar surface area (TPSA) is 89.3 Å². The van der Waals surface area contributed by atoms with Crippen LogP contribution in [0.5, 0.6) is 5.75 Å². The van der Waals surface area contributed by atoms with Crippen LogP contribution in [0, 0.1) is 19.8 Å². The van der Waals surface area contributed by atoms with Crippen molar-refractivity contribution in [3.8, 4) is 5.75 Å². The molecule has 1 N–H and O–H groups in total. The number of benzene rings is 1. The number of pyridine rings is 1. The van der Waals surface area contributed by atoms with Crippen molar-refractivity contribution in [3.63, 3.8) is 0 Å². The molecule has 3 aromatic rings. The van der Waals surface area contributed by atoms with Gasteiger partial charge in [0.2, 0.25) is 11.8 Å². The molecule has 8 heteroatoms. The van der Waals surface area contributed by atoms with Gasteiger partial charge in [-0.05, 0) is 37.6 Å². The van der Waals surface area contributed by atoms with Crippen LogP contribution in [0.15, 0.2) is 30.5 Å². The van der Waals surface area contributed by atoms with E-state index in [0.717, 1.165) is 22.3 Å². The highest BCUT2D eigenvalue weighted by Crippen LogP contribution is 2.34. The Bertz CT molecular complexity index is 1120. The van der Waals surface area contributed by atoms with Gasteiger partial charge in [-0.2, -0.15) is 5.10 Å². The second-order valence-corrected chi connectivity index (χ2v) is 7.37. The third kappa shape index (κ3) is 3.41. The lowest BCUT2D eigenvalue weighted by atomic mass is 10.1. The normalized spacial score (nSPS) is 16.5. The minimum absolute atomic E-state index is 0.0919. The van der Waals surface area contributed by atoms with E-state index in [1.807, 2.05) is 45.2 Å². The highest BCUT2D eigenvalue weighted by atomic mass is 16.5. The van der Waals surface area contributed by atoms with E-state index in [-0.39, 0.29) is 18.2 Å². The molecule has 150 valence electrons. The number of nitrogens with one attached hydrogen (secondary N) is 1. The zero-order valence-corrected chi connectivity index (χ0v) is 16.9. The maximum atomic E-state index is 12.8. The molecule has 29 heavy (non-hydrogen) atoms. The zero-order chi connectivity index (χ0) is 20.7. The number of hydrogen-bond donors (Lipinski definition) is 1. The smallest absolute Gasteiger partial charge is 0.229 e. The fourth-order valence-electron chi connectivity index (χ4n) is 3.75. The van der Waals surface area contributed by atoms with Crippen LogP contribution in [0.25, 0.3) is 11.0 Å². The Hall–Kier alpha value is -3.42. The Morgan fingerprint density at radius 1 is 1.28 bits per heavy atom. The first-order valence-corrected chi connectivity index (χ1v) is 9.42. The summed E-state index contributed by atoms with van der Waals surface area (Å²) in [6, 6.07) is 7.53. The minimum Gasteiger partial charge on any atom is -0.495 e. The number of anilines is 2. The van der Waals surface area contributed by atoms with E-state index in [1.54, 1.807) is 22.9 Å². The minimum atomic E-state index is -0.446. The average Bonchev–Trinajstić information content (AvgIpc) is 3.21. The van der Waals surface area contributed by atoms with Crippen LogP contribution >= 0.6 is 0 Å². The standard InChI is InChI=1S/C21H23N5O3/c1-12-5-6-18(29-4)17(7-12)26-11-14(8-19(26)27)21(28)23-15-9-16-13(2)24-25(3)20(16)22-10-15/h5-7,9-10,14H,8,11H2,1-4H3,(H,23,28). The molecule has 2 aromatic heterocycles. The summed E-state index contributed by atoms with van der Waals surface area (Å²) in [5, 5.41) is 8.13. The molecule has 1 aromatic carbocycles. The molecule has 8 nitrogen and oxygen atoms in total. The second-order valence-electron chi connectivity index (χ2n) is 7.37. The molecule has 1 unspecified atom stereocenters. The molecule has 0 aliphatic carbocycles. The fraction of sp³-hybridized carbons (Fsp3) is 0.333. The number of carbonyl (C=O) groups excluding carboxylic acids is 2. The Morgan fingerprint density at radius 3 is 2.83 bits per heavy atom. The predicted octanol–water partition coefficient (Wildman–Crippen LogP) is 2.59. The van der Waals surface area contributed by atoms with Gasteiger partial charge in [0, 0.05) is 25.4 Å². The molecule has 1 fully saturated rings. The lowest BCUT2D eigenvalue weighted by molar-refractivity contribution is -0.122. The number of amides is 2. The molecule has 4 rings (SSSR count). The highest BCUT2D eigenvalue weighted by Gasteiger charge is 2.36. The SMILES string of the molecule is COc1ccc(C)cc1N1CC(C(=O)Nc2cnc3c(c2)c(C)nn3C)CC1=O. The van der Waals surface area contributed by atoms with Crippen molar-refractivity contribution in [3.05, 3.63) is 41.7 Å². The maximum Gasteiger partial charge on any atom is 0.229 e. The summed E-state index contributed by atoms with van der Waals surface area (Å²) in [4.78, 5) is 31.4. The van der Waals surface area contributed by atoms with Gasteiger partial charge in [-0.3, -0.25) is 14.3 Å². The van der Waals surface area contributed by atoms with Crippen molar-refractivity contribution < 1.29 is 14.3 Å². The first-order valence-electron chi connectivity index (χ1n) is 9.42. The third-order valence-corrected chi connectivity index (χ3v) is 5.25. The summed E-state index contributed by atoms with van der Waals surface area (Å²) in [6.07, 6.45) is 1.77. The first-order chi connectivity index (χ1) is 13.9. The summed E-state index contributed by atoms with van der Waals surface area (Å²) in [5.41, 5.74) is 3.92. The van der Waals surface area contributed by atoms with Gasteiger partial charge in [0.25, 0.3) is 0 Å². The monoisotopic (exact) mass is 393 g/mol. The molecule has 1 atom stereocenters. The molecule has 0 radical (unpaired) electrons. The van der Waals surface area contributed by atoms with Gasteiger partial charge < -0.3 is 15.0 Å². The highest BCUT2D eigenvalue weighted by molar-refractivity contribution is 6.04. The van der Waals surface area contributed by atoms with E-state index in [2.05, 4.69) is 15.4 Å². The summed E-state index contributed by atoms with van der Waals surface area (Å²) in [5.74, 6) is -0.119. The number of ether oxygens (including phenoxy) is 1. The van der Waals surface area contributed by atoms with E-state index in [0.29, 0.717) is 23.7 Å². The van der Waals surface area contributed by atoms with Crippen LogP contribution in [0.3, 0.4) is 0 Å². The molecule has 0 bridgehead atoms. The van der Waals surface area contributed by atoms with Crippen LogP contribution in [-0.4, -0.2) is 40.2 Å². The Kier molecular flexibility index (Phi) is 4.70. The van der Waals surface area contributed by atoms with Crippen LogP contribution in [0.4, 0.5) is 11.4 Å². The number of rotatable bonds is 4. The molecule has 1 aliphatic rings. The molecular formula is C21H23N5O3. The quantitative estimate of drug-likeness (QED) is 0.736. The van der Waals surface area contributed by atoms with Gasteiger partial charge in [-0.25, -0.2) is 4.98 Å². The molecule has 1 aliphatic heterocycles. The van der Waals surface area contributed by atoms with Gasteiger partial charge in [-0.15, -0.1) is 0 Å². The number of methoxy groups -OCH3 is 1. The van der Waals surface area contributed by atoms with Crippen molar-refractivity contribution in [1.29, 1.82) is 0 Å². The molecular weight excluding hydrogens is 370 g/mol. The van der Waals surface area contributed by atoms with Gasteiger partial charge in [0.15, 0.2) is 5.65 Å². The predicted molar refractivity (Wildman–Crippen MR) is 110 cm³/mol. The summed E-state index contributed by atoms with van der Waals surface area (Å²) in [6.45, 7) is 4.17.